The maximum absolute atomic E-state index is 14.1. The van der Waals surface area contributed by atoms with Crippen molar-refractivity contribution in [2.75, 3.05) is 21.2 Å². The van der Waals surface area contributed by atoms with Gasteiger partial charge in [0.25, 0.3) is 0 Å². The molecule has 0 aromatic rings. The average molecular weight is 733 g/mol. The minimum Gasteiger partial charge on any atom is -0.459 e. The summed E-state index contributed by atoms with van der Waals surface area (Å²) in [6.07, 6.45) is -9.12. The van der Waals surface area contributed by atoms with Crippen molar-refractivity contribution in [3.8, 4) is 0 Å². The number of nitrogens with zero attached hydrogens (tertiary/aromatic N) is 1. The van der Waals surface area contributed by atoms with Gasteiger partial charge in [0.05, 0.1) is 47.6 Å². The second-order valence-electron chi connectivity index (χ2n) is 16.5. The highest BCUT2D eigenvalue weighted by atomic mass is 16.7. The number of rotatable bonds is 7. The van der Waals surface area contributed by atoms with Crippen LogP contribution in [0.3, 0.4) is 0 Å². The van der Waals surface area contributed by atoms with Crippen molar-refractivity contribution >= 4 is 11.7 Å². The summed E-state index contributed by atoms with van der Waals surface area (Å²) in [5, 5.41) is 66.9. The maximum Gasteiger partial charge on any atom is 0.311 e. The molecule has 3 aliphatic heterocycles. The summed E-state index contributed by atoms with van der Waals surface area (Å²) in [6, 6.07) is -0.304. The predicted octanol–water partition coefficient (Wildman–Crippen LogP) is 2.24. The molecule has 3 saturated heterocycles. The van der Waals surface area contributed by atoms with Crippen LogP contribution in [0, 0.1) is 29.1 Å². The van der Waals surface area contributed by atoms with Crippen LogP contribution in [0.15, 0.2) is 0 Å². The Balaban J connectivity index is 2.18. The van der Waals surface area contributed by atoms with E-state index in [0.29, 0.717) is 6.42 Å². The molecule has 0 amide bonds. The van der Waals surface area contributed by atoms with E-state index in [1.165, 1.54) is 14.0 Å². The number of hydrogen-bond acceptors (Lipinski definition) is 14. The van der Waals surface area contributed by atoms with Crippen molar-refractivity contribution in [1.29, 1.82) is 5.41 Å². The fraction of sp³-hybridized carbons (Fsp3) is 0.946. The number of carbonyl (C=O) groups excluding carboxylic acids is 1. The molecule has 0 aromatic carbocycles. The predicted molar refractivity (Wildman–Crippen MR) is 189 cm³/mol. The Bertz CT molecular complexity index is 1170. The van der Waals surface area contributed by atoms with Gasteiger partial charge in [-0.15, -0.1) is 0 Å². The summed E-state index contributed by atoms with van der Waals surface area (Å²) in [5.74, 6) is -4.02. The molecule has 51 heavy (non-hydrogen) atoms. The smallest absolute Gasteiger partial charge is 0.311 e. The molecule has 18 atom stereocenters. The van der Waals surface area contributed by atoms with Crippen molar-refractivity contribution in [2.24, 2.45) is 23.7 Å². The molecule has 0 aromatic heterocycles. The molecule has 0 aliphatic carbocycles. The first kappa shape index (κ1) is 44.1. The van der Waals surface area contributed by atoms with Crippen molar-refractivity contribution in [3.05, 3.63) is 0 Å². The molecule has 3 heterocycles. The lowest BCUT2D eigenvalue weighted by molar-refractivity contribution is -0.317. The van der Waals surface area contributed by atoms with Gasteiger partial charge in [-0.3, -0.25) is 4.79 Å². The molecule has 3 fully saturated rings. The van der Waals surface area contributed by atoms with E-state index in [1.807, 2.05) is 25.9 Å². The molecule has 0 spiro atoms. The highest BCUT2D eigenvalue weighted by Gasteiger charge is 2.53. The van der Waals surface area contributed by atoms with Crippen LogP contribution in [0.1, 0.15) is 94.9 Å². The third-order valence-corrected chi connectivity index (χ3v) is 11.9. The number of aliphatic hydroxyl groups excluding tert-OH is 3. The van der Waals surface area contributed by atoms with E-state index in [1.54, 1.807) is 55.4 Å². The Labute approximate surface area is 304 Å². The lowest BCUT2D eigenvalue weighted by Crippen LogP contribution is -2.61. The largest absolute Gasteiger partial charge is 0.459 e. The second kappa shape index (κ2) is 17.0. The first-order valence-electron chi connectivity index (χ1n) is 18.5. The van der Waals surface area contributed by atoms with E-state index >= 15 is 0 Å². The zero-order valence-corrected chi connectivity index (χ0v) is 33.0. The monoisotopic (exact) mass is 732 g/mol. The fourth-order valence-electron chi connectivity index (χ4n) is 8.43. The van der Waals surface area contributed by atoms with Gasteiger partial charge >= 0.3 is 5.97 Å². The molecule has 0 radical (unpaired) electrons. The number of esters is 1. The average Bonchev–Trinajstić information content (AvgIpc) is 3.05. The fourth-order valence-corrected chi connectivity index (χ4v) is 8.43. The van der Waals surface area contributed by atoms with Gasteiger partial charge in [-0.25, -0.2) is 0 Å². The minimum absolute atomic E-state index is 0.0107. The summed E-state index contributed by atoms with van der Waals surface area (Å²) in [7, 11) is 5.21. The van der Waals surface area contributed by atoms with E-state index in [2.05, 4.69) is 0 Å². The molecule has 0 saturated carbocycles. The number of carbonyl (C=O) groups is 1. The lowest BCUT2D eigenvalue weighted by atomic mass is 9.73. The summed E-state index contributed by atoms with van der Waals surface area (Å²) in [5.41, 5.74) is -4.58. The third-order valence-electron chi connectivity index (χ3n) is 11.9. The number of methoxy groups -OCH3 is 1. The lowest BCUT2D eigenvalue weighted by Gasteiger charge is -2.49. The van der Waals surface area contributed by atoms with Crippen molar-refractivity contribution in [3.63, 3.8) is 0 Å². The van der Waals surface area contributed by atoms with Gasteiger partial charge in [0.1, 0.15) is 23.9 Å². The molecular weight excluding hydrogens is 664 g/mol. The maximum atomic E-state index is 14.1. The van der Waals surface area contributed by atoms with Crippen LogP contribution in [-0.4, -0.2) is 148 Å². The van der Waals surface area contributed by atoms with Crippen LogP contribution in [0.25, 0.3) is 0 Å². The number of ether oxygens (including phenoxy) is 6. The van der Waals surface area contributed by atoms with Crippen molar-refractivity contribution in [1.82, 2.24) is 4.90 Å². The first-order valence-corrected chi connectivity index (χ1v) is 18.5. The third kappa shape index (κ3) is 9.51. The summed E-state index contributed by atoms with van der Waals surface area (Å²) >= 11 is 0. The van der Waals surface area contributed by atoms with E-state index < -0.39 is 102 Å². The zero-order chi connectivity index (χ0) is 39.0. The van der Waals surface area contributed by atoms with Gasteiger partial charge in [-0.05, 0) is 80.8 Å². The first-order chi connectivity index (χ1) is 23.4. The van der Waals surface area contributed by atoms with Crippen LogP contribution in [0.2, 0.25) is 0 Å². The highest BCUT2D eigenvalue weighted by molar-refractivity contribution is 5.86. The standard InChI is InChI=1S/C37H68N2O12/c1-14-25-37(10,45)30(41)20(4)27(38)18(2)16-35(8,44)32(51-34-28(40)24(39(11)12)15-19(3)47-34)21(5)29(22(6)33(43)49-25)50-26-17-36(9,46-13)31(42)23(7)48-26/h18-26,28-32,34,38,40-42,44-45H,14-17H2,1-13H3/t18-,19+,20-,21-,22+,23-,24-,25-,26+,28+,29+,30+,31+,32-,34-,35-,36-,37-/m0/s1. The van der Waals surface area contributed by atoms with Crippen molar-refractivity contribution in [2.45, 2.75) is 179 Å². The van der Waals surface area contributed by atoms with Crippen LogP contribution in [0.5, 0.6) is 0 Å². The molecule has 0 unspecified atom stereocenters. The van der Waals surface area contributed by atoms with E-state index in [-0.39, 0.29) is 37.1 Å². The van der Waals surface area contributed by atoms with Gasteiger partial charge in [-0.1, -0.05) is 27.7 Å². The van der Waals surface area contributed by atoms with Gasteiger partial charge in [0, 0.05) is 37.1 Å². The van der Waals surface area contributed by atoms with E-state index in [0.717, 1.165) is 0 Å². The van der Waals surface area contributed by atoms with Crippen molar-refractivity contribution < 1.29 is 58.7 Å². The number of nitrogens with one attached hydrogen (secondary N) is 1. The Kier molecular flexibility index (Phi) is 14.7. The summed E-state index contributed by atoms with van der Waals surface area (Å²) < 4.78 is 37.2. The summed E-state index contributed by atoms with van der Waals surface area (Å²) in [4.78, 5) is 16.0. The van der Waals surface area contributed by atoms with Crippen LogP contribution in [-0.2, 0) is 33.2 Å². The Morgan fingerprint density at radius 2 is 1.53 bits per heavy atom. The minimum atomic E-state index is -1.91. The number of cyclic esters (lactones) is 1. The molecular formula is C37H68N2O12. The molecule has 14 heteroatoms. The topological polar surface area (TPSA) is 201 Å². The quantitative estimate of drug-likeness (QED) is 0.209. The normalized spacial score (nSPS) is 49.7. The molecule has 6 N–H and O–H groups in total. The second-order valence-corrected chi connectivity index (χ2v) is 16.5. The molecule has 298 valence electrons. The number of hydrogen-bond donors (Lipinski definition) is 6. The highest BCUT2D eigenvalue weighted by Crippen LogP contribution is 2.40. The molecule has 3 aliphatic rings. The van der Waals surface area contributed by atoms with Gasteiger partial charge < -0.3 is 64.3 Å². The molecule has 14 nitrogen and oxygen atoms in total. The summed E-state index contributed by atoms with van der Waals surface area (Å²) in [6.45, 7) is 16.8. The molecule has 3 rings (SSSR count). The Morgan fingerprint density at radius 1 is 0.922 bits per heavy atom. The Hall–Kier alpha value is -1.30. The number of likely N-dealkylation sites (N-methyl/N-ethyl adjacent to an activating group) is 1. The van der Waals surface area contributed by atoms with Crippen LogP contribution >= 0.6 is 0 Å². The number of aliphatic hydroxyl groups is 5. The van der Waals surface area contributed by atoms with E-state index in [9.17, 15) is 30.3 Å². The molecule has 0 bridgehead atoms. The SMILES string of the molecule is CC[C@@H]1OC(=O)[C@H](C)[C@H](O[C@@H]2C[C@](C)(OC)[C@H](O)[C@H](C)O2)[C@H](C)[C@H](O[C@@H]2O[C@H](C)C[C@H](N(C)C)[C@H]2O)[C@@](C)(O)C[C@H](C)C(=N)[C@H](C)[C@@H](O)[C@@]1(C)O. The zero-order valence-electron chi connectivity index (χ0n) is 33.0. The van der Waals surface area contributed by atoms with Gasteiger partial charge in [0.15, 0.2) is 12.6 Å². The van der Waals surface area contributed by atoms with Crippen LogP contribution in [0.4, 0.5) is 0 Å². The van der Waals surface area contributed by atoms with E-state index in [4.69, 9.17) is 33.8 Å². The van der Waals surface area contributed by atoms with Gasteiger partial charge in [0.2, 0.25) is 0 Å². The van der Waals surface area contributed by atoms with Crippen LogP contribution < -0.4 is 0 Å². The van der Waals surface area contributed by atoms with Gasteiger partial charge in [-0.2, -0.15) is 0 Å². The Morgan fingerprint density at radius 3 is 2.08 bits per heavy atom.